The molecular weight excluding hydrogens is 332 g/mol. The summed E-state index contributed by atoms with van der Waals surface area (Å²) in [5.41, 5.74) is 7.05. The fourth-order valence-electron chi connectivity index (χ4n) is 2.72. The van der Waals surface area contributed by atoms with E-state index in [9.17, 15) is 9.59 Å². The number of ether oxygens (including phenoxy) is 1. The number of amides is 1. The Bertz CT molecular complexity index is 1030. The van der Waals surface area contributed by atoms with Crippen LogP contribution in [0.3, 0.4) is 0 Å². The molecule has 1 aromatic heterocycles. The molecular formula is C19H20N4O3. The molecule has 0 aliphatic carbocycles. The highest BCUT2D eigenvalue weighted by atomic mass is 16.5. The van der Waals surface area contributed by atoms with Gasteiger partial charge in [-0.1, -0.05) is 12.1 Å². The smallest absolute Gasteiger partial charge is 0.261 e. The molecule has 134 valence electrons. The summed E-state index contributed by atoms with van der Waals surface area (Å²) in [5, 5.41) is 3.17. The standard InChI is InChI=1S/C19H20N4O3/c1-3-26-17-7-5-4-6-16(17)22-18(24)11-23-12(2)21-15-9-8-13(20)10-14(15)19(23)25/h4-10H,3,11,20H2,1-2H3,(H,22,24). The molecule has 7 heteroatoms. The summed E-state index contributed by atoms with van der Waals surface area (Å²) >= 11 is 0. The molecule has 0 spiro atoms. The van der Waals surface area contributed by atoms with E-state index in [0.717, 1.165) is 0 Å². The normalized spacial score (nSPS) is 10.7. The number of hydrogen-bond donors (Lipinski definition) is 2. The number of nitrogens with two attached hydrogens (primary N) is 1. The minimum absolute atomic E-state index is 0.150. The molecule has 0 aliphatic heterocycles. The first-order valence-electron chi connectivity index (χ1n) is 8.28. The highest BCUT2D eigenvalue weighted by Gasteiger charge is 2.13. The van der Waals surface area contributed by atoms with Crippen molar-refractivity contribution in [3.63, 3.8) is 0 Å². The number of nitrogens with zero attached hydrogens (tertiary/aromatic N) is 2. The van der Waals surface area contributed by atoms with Gasteiger partial charge in [-0.3, -0.25) is 14.2 Å². The first kappa shape index (κ1) is 17.5. The van der Waals surface area contributed by atoms with Crippen molar-refractivity contribution in [3.05, 3.63) is 58.6 Å². The molecule has 0 bridgehead atoms. The average molecular weight is 352 g/mol. The number of nitrogen functional groups attached to an aromatic ring is 1. The van der Waals surface area contributed by atoms with Gasteiger partial charge in [-0.15, -0.1) is 0 Å². The third-order valence-corrected chi connectivity index (χ3v) is 3.93. The summed E-state index contributed by atoms with van der Waals surface area (Å²) in [4.78, 5) is 29.6. The quantitative estimate of drug-likeness (QED) is 0.687. The Hall–Kier alpha value is -3.35. The maximum absolute atomic E-state index is 12.7. The van der Waals surface area contributed by atoms with Gasteiger partial charge in [-0.2, -0.15) is 0 Å². The van der Waals surface area contributed by atoms with Crippen LogP contribution >= 0.6 is 0 Å². The van der Waals surface area contributed by atoms with Gasteiger partial charge in [0.25, 0.3) is 5.56 Å². The van der Waals surface area contributed by atoms with E-state index in [2.05, 4.69) is 10.3 Å². The molecule has 0 unspecified atom stereocenters. The molecule has 3 rings (SSSR count). The first-order valence-corrected chi connectivity index (χ1v) is 8.28. The highest BCUT2D eigenvalue weighted by molar-refractivity contribution is 5.92. The van der Waals surface area contributed by atoms with Crippen molar-refractivity contribution in [2.45, 2.75) is 20.4 Å². The van der Waals surface area contributed by atoms with Crippen molar-refractivity contribution in [1.82, 2.24) is 9.55 Å². The van der Waals surface area contributed by atoms with E-state index >= 15 is 0 Å². The van der Waals surface area contributed by atoms with Crippen molar-refractivity contribution in [1.29, 1.82) is 0 Å². The SMILES string of the molecule is CCOc1ccccc1NC(=O)Cn1c(C)nc2ccc(N)cc2c1=O. The van der Waals surface area contributed by atoms with Gasteiger partial charge in [0.15, 0.2) is 0 Å². The van der Waals surface area contributed by atoms with Gasteiger partial charge in [-0.25, -0.2) is 4.98 Å². The van der Waals surface area contributed by atoms with E-state index in [1.807, 2.05) is 13.0 Å². The second kappa shape index (κ2) is 7.26. The minimum atomic E-state index is -0.340. The second-order valence-electron chi connectivity index (χ2n) is 5.80. The zero-order valence-electron chi connectivity index (χ0n) is 14.7. The van der Waals surface area contributed by atoms with Crippen molar-refractivity contribution < 1.29 is 9.53 Å². The fraction of sp³-hybridized carbons (Fsp3) is 0.211. The Morgan fingerprint density at radius 1 is 1.27 bits per heavy atom. The van der Waals surface area contributed by atoms with Crippen molar-refractivity contribution >= 4 is 28.2 Å². The maximum Gasteiger partial charge on any atom is 0.261 e. The summed E-state index contributed by atoms with van der Waals surface area (Å²) < 4.78 is 6.83. The summed E-state index contributed by atoms with van der Waals surface area (Å²) in [6, 6.07) is 12.1. The van der Waals surface area contributed by atoms with Crippen LogP contribution in [0.2, 0.25) is 0 Å². The van der Waals surface area contributed by atoms with Gasteiger partial charge in [0.2, 0.25) is 5.91 Å². The third kappa shape index (κ3) is 3.51. The number of anilines is 2. The first-order chi connectivity index (χ1) is 12.5. The number of carbonyl (C=O) groups excluding carboxylic acids is 1. The van der Waals surface area contributed by atoms with Gasteiger partial charge in [0.05, 0.1) is 23.2 Å². The van der Waals surface area contributed by atoms with Gasteiger partial charge in [-0.05, 0) is 44.2 Å². The number of hydrogen-bond acceptors (Lipinski definition) is 5. The van der Waals surface area contributed by atoms with E-state index in [1.165, 1.54) is 4.57 Å². The van der Waals surface area contributed by atoms with Gasteiger partial charge < -0.3 is 15.8 Å². The monoisotopic (exact) mass is 352 g/mol. The van der Waals surface area contributed by atoms with E-state index < -0.39 is 0 Å². The van der Waals surface area contributed by atoms with Crippen LogP contribution in [0.4, 0.5) is 11.4 Å². The third-order valence-electron chi connectivity index (χ3n) is 3.93. The molecule has 2 aromatic carbocycles. The van der Waals surface area contributed by atoms with Crippen LogP contribution in [0.25, 0.3) is 10.9 Å². The van der Waals surface area contributed by atoms with Crippen molar-refractivity contribution in [2.24, 2.45) is 0 Å². The Balaban J connectivity index is 1.89. The Kier molecular flexibility index (Phi) is 4.88. The number of fused-ring (bicyclic) bond motifs is 1. The summed E-state index contributed by atoms with van der Waals surface area (Å²) in [7, 11) is 0. The average Bonchev–Trinajstić information content (AvgIpc) is 2.61. The van der Waals surface area contributed by atoms with Gasteiger partial charge in [0.1, 0.15) is 18.1 Å². The van der Waals surface area contributed by atoms with Crippen LogP contribution in [-0.4, -0.2) is 22.1 Å². The predicted molar refractivity (Wildman–Crippen MR) is 101 cm³/mol. The molecule has 0 atom stereocenters. The largest absolute Gasteiger partial charge is 0.492 e. The number of benzene rings is 2. The number of nitrogens with one attached hydrogen (secondary N) is 1. The fourth-order valence-corrected chi connectivity index (χ4v) is 2.72. The minimum Gasteiger partial charge on any atom is -0.492 e. The maximum atomic E-state index is 12.7. The van der Waals surface area contributed by atoms with E-state index in [1.54, 1.807) is 43.3 Å². The number of aromatic nitrogens is 2. The molecule has 3 N–H and O–H groups in total. The lowest BCUT2D eigenvalue weighted by molar-refractivity contribution is -0.116. The van der Waals surface area contributed by atoms with E-state index in [-0.39, 0.29) is 18.0 Å². The van der Waals surface area contributed by atoms with Crippen LogP contribution < -0.4 is 21.3 Å². The van der Waals surface area contributed by atoms with E-state index in [4.69, 9.17) is 10.5 Å². The van der Waals surface area contributed by atoms with Crippen molar-refractivity contribution in [2.75, 3.05) is 17.7 Å². The summed E-state index contributed by atoms with van der Waals surface area (Å²) in [6.07, 6.45) is 0. The number of carbonyl (C=O) groups is 1. The molecule has 0 saturated carbocycles. The lowest BCUT2D eigenvalue weighted by Crippen LogP contribution is -2.30. The molecule has 1 amide bonds. The molecule has 0 saturated heterocycles. The number of aryl methyl sites for hydroxylation is 1. The highest BCUT2D eigenvalue weighted by Crippen LogP contribution is 2.23. The molecule has 0 radical (unpaired) electrons. The van der Waals surface area contributed by atoms with Crippen LogP contribution in [0, 0.1) is 6.92 Å². The van der Waals surface area contributed by atoms with Gasteiger partial charge in [0, 0.05) is 5.69 Å². The topological polar surface area (TPSA) is 99.2 Å². The van der Waals surface area contributed by atoms with Crippen LogP contribution in [0.15, 0.2) is 47.3 Å². The summed E-state index contributed by atoms with van der Waals surface area (Å²) in [6.45, 7) is 3.90. The molecule has 26 heavy (non-hydrogen) atoms. The Labute approximate surface area is 150 Å². The molecule has 3 aromatic rings. The Morgan fingerprint density at radius 3 is 2.81 bits per heavy atom. The van der Waals surface area contributed by atoms with Crippen molar-refractivity contribution in [3.8, 4) is 5.75 Å². The van der Waals surface area contributed by atoms with Crippen LogP contribution in [0.1, 0.15) is 12.7 Å². The molecule has 0 fully saturated rings. The predicted octanol–water partition coefficient (Wildman–Crippen LogP) is 2.32. The number of para-hydroxylation sites is 2. The van der Waals surface area contributed by atoms with Gasteiger partial charge >= 0.3 is 0 Å². The number of rotatable bonds is 5. The Morgan fingerprint density at radius 2 is 2.04 bits per heavy atom. The van der Waals surface area contributed by atoms with E-state index in [0.29, 0.717) is 40.5 Å². The van der Waals surface area contributed by atoms with Crippen LogP contribution in [-0.2, 0) is 11.3 Å². The van der Waals surface area contributed by atoms with Crippen LogP contribution in [0.5, 0.6) is 5.75 Å². The zero-order chi connectivity index (χ0) is 18.7. The lowest BCUT2D eigenvalue weighted by atomic mass is 10.2. The zero-order valence-corrected chi connectivity index (χ0v) is 14.7. The molecule has 1 heterocycles. The molecule has 0 aliphatic rings. The lowest BCUT2D eigenvalue weighted by Gasteiger charge is -2.13. The molecule has 7 nitrogen and oxygen atoms in total. The summed E-state index contributed by atoms with van der Waals surface area (Å²) in [5.74, 6) is 0.699. The second-order valence-corrected chi connectivity index (χ2v) is 5.80.